The number of aliphatic carboxylic acids is 1. The first-order valence-corrected chi connectivity index (χ1v) is 5.95. The van der Waals surface area contributed by atoms with E-state index in [1.807, 2.05) is 12.1 Å². The Morgan fingerprint density at radius 2 is 2.00 bits per heavy atom. The fourth-order valence-corrected chi connectivity index (χ4v) is 2.25. The molecular formula is C14H11N3O3. The lowest BCUT2D eigenvalue weighted by Crippen LogP contribution is -2.21. The molecule has 2 heterocycles. The topological polar surface area (TPSA) is 75.4 Å². The molecule has 6 nitrogen and oxygen atoms in total. The maximum atomic E-state index is 12.4. The third-order valence-electron chi connectivity index (χ3n) is 3.12. The van der Waals surface area contributed by atoms with Gasteiger partial charge in [-0.05, 0) is 6.07 Å². The summed E-state index contributed by atoms with van der Waals surface area (Å²) in [7, 11) is 0. The Labute approximate surface area is 114 Å². The molecule has 0 saturated carbocycles. The fraction of sp³-hybridized carbons (Fsp3) is 0.0714. The zero-order valence-electron chi connectivity index (χ0n) is 10.5. The van der Waals surface area contributed by atoms with Crippen LogP contribution in [0.15, 0.2) is 43.2 Å². The van der Waals surface area contributed by atoms with Gasteiger partial charge in [0.15, 0.2) is 0 Å². The van der Waals surface area contributed by atoms with Crippen LogP contribution >= 0.6 is 0 Å². The predicted octanol–water partition coefficient (Wildman–Crippen LogP) is 1.60. The highest BCUT2D eigenvalue weighted by atomic mass is 16.4. The van der Waals surface area contributed by atoms with Gasteiger partial charge in [0, 0.05) is 17.3 Å². The van der Waals surface area contributed by atoms with Crippen molar-refractivity contribution >= 4 is 23.3 Å². The Morgan fingerprint density at radius 1 is 1.30 bits per heavy atom. The maximum Gasteiger partial charge on any atom is 0.325 e. The minimum atomic E-state index is -0.991. The Morgan fingerprint density at radius 3 is 2.65 bits per heavy atom. The van der Waals surface area contributed by atoms with Crippen molar-refractivity contribution in [2.24, 2.45) is 0 Å². The smallest absolute Gasteiger partial charge is 0.325 e. The number of carbonyl (C=O) groups excluding carboxylic acids is 1. The highest BCUT2D eigenvalue weighted by Gasteiger charge is 2.32. The molecule has 1 amide bonds. The van der Waals surface area contributed by atoms with Crippen LogP contribution in [-0.2, 0) is 11.3 Å². The first kappa shape index (κ1) is 12.2. The number of amides is 1. The van der Waals surface area contributed by atoms with E-state index < -0.39 is 5.97 Å². The van der Waals surface area contributed by atoms with Crippen LogP contribution in [0.2, 0.25) is 0 Å². The average molecular weight is 269 g/mol. The number of hydrogen-bond donors (Lipinski definition) is 1. The van der Waals surface area contributed by atoms with Gasteiger partial charge in [-0.25, -0.2) is 0 Å². The van der Waals surface area contributed by atoms with Gasteiger partial charge in [-0.15, -0.1) is 0 Å². The number of benzene rings is 1. The Hall–Kier alpha value is -2.89. The molecule has 1 aromatic heterocycles. The molecule has 0 spiro atoms. The van der Waals surface area contributed by atoms with E-state index in [0.29, 0.717) is 16.9 Å². The van der Waals surface area contributed by atoms with E-state index in [2.05, 4.69) is 11.7 Å². The quantitative estimate of drug-likeness (QED) is 0.918. The molecule has 0 radical (unpaired) electrons. The number of anilines is 1. The molecule has 0 unspecified atom stereocenters. The predicted molar refractivity (Wildman–Crippen MR) is 72.1 cm³/mol. The van der Waals surface area contributed by atoms with Gasteiger partial charge < -0.3 is 5.11 Å². The Bertz CT molecular complexity index is 698. The normalized spacial score (nSPS) is 13.7. The van der Waals surface area contributed by atoms with Crippen LogP contribution in [0.1, 0.15) is 15.9 Å². The first-order valence-electron chi connectivity index (χ1n) is 5.95. The summed E-state index contributed by atoms with van der Waals surface area (Å²) in [5.41, 5.74) is 2.45. The van der Waals surface area contributed by atoms with Crippen molar-refractivity contribution in [3.8, 4) is 0 Å². The largest absolute Gasteiger partial charge is 0.480 e. The number of carbonyl (C=O) groups is 2. The third-order valence-corrected chi connectivity index (χ3v) is 3.12. The minimum absolute atomic E-state index is 0.180. The number of aromatic nitrogens is 2. The van der Waals surface area contributed by atoms with Crippen LogP contribution < -0.4 is 4.90 Å². The number of hydrogen-bond acceptors (Lipinski definition) is 3. The van der Waals surface area contributed by atoms with Crippen molar-refractivity contribution in [3.63, 3.8) is 0 Å². The number of nitrogens with zero attached hydrogens (tertiary/aromatic N) is 3. The number of rotatable bonds is 3. The second kappa shape index (κ2) is 4.34. The lowest BCUT2D eigenvalue weighted by molar-refractivity contribution is -0.137. The second-order valence-electron chi connectivity index (χ2n) is 4.42. The molecule has 1 aliphatic rings. The summed E-state index contributed by atoms with van der Waals surface area (Å²) in [6, 6.07) is 7.21. The fourth-order valence-electron chi connectivity index (χ4n) is 2.25. The van der Waals surface area contributed by atoms with Crippen LogP contribution in [0.25, 0.3) is 5.70 Å². The van der Waals surface area contributed by atoms with Crippen molar-refractivity contribution in [2.45, 2.75) is 6.54 Å². The molecule has 20 heavy (non-hydrogen) atoms. The average Bonchev–Trinajstić information content (AvgIpc) is 2.94. The molecule has 0 saturated heterocycles. The van der Waals surface area contributed by atoms with Crippen LogP contribution in [0.3, 0.4) is 0 Å². The molecule has 0 bridgehead atoms. The molecule has 3 rings (SSSR count). The Balaban J connectivity index is 1.96. The molecule has 6 heteroatoms. The van der Waals surface area contributed by atoms with Crippen molar-refractivity contribution in [1.29, 1.82) is 0 Å². The van der Waals surface area contributed by atoms with Gasteiger partial charge in [0.25, 0.3) is 5.91 Å². The summed E-state index contributed by atoms with van der Waals surface area (Å²) >= 11 is 0. The van der Waals surface area contributed by atoms with E-state index in [4.69, 9.17) is 5.11 Å². The molecule has 0 atom stereocenters. The van der Waals surface area contributed by atoms with Crippen molar-refractivity contribution < 1.29 is 14.7 Å². The lowest BCUT2D eigenvalue weighted by Gasteiger charge is -2.14. The van der Waals surface area contributed by atoms with E-state index in [-0.39, 0.29) is 12.5 Å². The molecule has 100 valence electrons. The summed E-state index contributed by atoms with van der Waals surface area (Å²) in [5, 5.41) is 12.7. The molecule has 0 aliphatic carbocycles. The van der Waals surface area contributed by atoms with Crippen molar-refractivity contribution in [1.82, 2.24) is 9.78 Å². The monoisotopic (exact) mass is 269 g/mol. The summed E-state index contributed by atoms with van der Waals surface area (Å²) in [4.78, 5) is 24.4. The number of carboxylic acids is 1. The molecule has 1 aromatic carbocycles. The summed E-state index contributed by atoms with van der Waals surface area (Å²) < 4.78 is 1.27. The van der Waals surface area contributed by atoms with Crippen LogP contribution in [0.5, 0.6) is 0 Å². The number of fused-ring (bicyclic) bond motifs is 1. The highest BCUT2D eigenvalue weighted by Crippen LogP contribution is 2.35. The Kier molecular flexibility index (Phi) is 2.64. The third kappa shape index (κ3) is 1.78. The van der Waals surface area contributed by atoms with Crippen molar-refractivity contribution in [3.05, 3.63) is 54.4 Å². The summed E-state index contributed by atoms with van der Waals surface area (Å²) in [5.74, 6) is -1.17. The molecule has 1 N–H and O–H groups in total. The van der Waals surface area contributed by atoms with E-state index in [1.165, 1.54) is 22.0 Å². The van der Waals surface area contributed by atoms with E-state index >= 15 is 0 Å². The van der Waals surface area contributed by atoms with Gasteiger partial charge >= 0.3 is 5.97 Å². The maximum absolute atomic E-state index is 12.4. The highest BCUT2D eigenvalue weighted by molar-refractivity contribution is 6.21. The molecule has 2 aromatic rings. The SMILES string of the molecule is C=C1c2ccccc2C(=O)N1c1cnn(CC(=O)O)c1. The van der Waals surface area contributed by atoms with Gasteiger partial charge in [0.1, 0.15) is 6.54 Å². The van der Waals surface area contributed by atoms with Gasteiger partial charge in [-0.1, -0.05) is 24.8 Å². The summed E-state index contributed by atoms with van der Waals surface area (Å²) in [6.45, 7) is 3.68. The van der Waals surface area contributed by atoms with Crippen LogP contribution in [0.4, 0.5) is 5.69 Å². The zero-order chi connectivity index (χ0) is 14.3. The molecule has 1 aliphatic heterocycles. The molecule has 0 fully saturated rings. The summed E-state index contributed by atoms with van der Waals surface area (Å²) in [6.07, 6.45) is 2.97. The van der Waals surface area contributed by atoms with Gasteiger partial charge in [0.2, 0.25) is 0 Å². The van der Waals surface area contributed by atoms with Crippen LogP contribution in [0, 0.1) is 0 Å². The van der Waals surface area contributed by atoms with Gasteiger partial charge in [-0.3, -0.25) is 19.2 Å². The minimum Gasteiger partial charge on any atom is -0.480 e. The van der Waals surface area contributed by atoms with Gasteiger partial charge in [0.05, 0.1) is 17.6 Å². The van der Waals surface area contributed by atoms with Crippen LogP contribution in [-0.4, -0.2) is 26.8 Å². The standard InChI is InChI=1S/C14H11N3O3/c1-9-11-4-2-3-5-12(11)14(20)17(9)10-6-15-16(7-10)8-13(18)19/h2-7H,1,8H2,(H,18,19). The zero-order valence-corrected chi connectivity index (χ0v) is 10.5. The first-order chi connectivity index (χ1) is 9.58. The van der Waals surface area contributed by atoms with E-state index in [1.54, 1.807) is 12.1 Å². The number of carboxylic acid groups (broad SMARTS) is 1. The van der Waals surface area contributed by atoms with Gasteiger partial charge in [-0.2, -0.15) is 5.10 Å². The van der Waals surface area contributed by atoms with E-state index in [9.17, 15) is 9.59 Å². The lowest BCUT2D eigenvalue weighted by atomic mass is 10.1. The second-order valence-corrected chi connectivity index (χ2v) is 4.42. The van der Waals surface area contributed by atoms with E-state index in [0.717, 1.165) is 5.56 Å². The molecular weight excluding hydrogens is 258 g/mol. The van der Waals surface area contributed by atoms with Crippen molar-refractivity contribution in [2.75, 3.05) is 4.90 Å².